The van der Waals surface area contributed by atoms with Gasteiger partial charge in [0.2, 0.25) is 0 Å². The molecule has 0 bridgehead atoms. The Labute approximate surface area is 89.4 Å². The average Bonchev–Trinajstić information content (AvgIpc) is 2.16. The van der Waals surface area contributed by atoms with Gasteiger partial charge >= 0.3 is 0 Å². The lowest BCUT2D eigenvalue weighted by atomic mass is 9.94. The van der Waals surface area contributed by atoms with Gasteiger partial charge in [-0.15, -0.1) is 0 Å². The van der Waals surface area contributed by atoms with Gasteiger partial charge in [0.15, 0.2) is 0 Å². The maximum Gasteiger partial charge on any atom is -0.00782 e. The van der Waals surface area contributed by atoms with Crippen LogP contribution in [0.4, 0.5) is 0 Å². The maximum atomic E-state index is 4.14. The fraction of sp³-hybridized carbons (Fsp3) is 0.111. The molecule has 0 aromatic rings. The molecule has 0 spiro atoms. The largest absolute Gasteiger partial charge is 0.151 e. The van der Waals surface area contributed by atoms with E-state index in [1.807, 2.05) is 11.5 Å². The highest BCUT2D eigenvalue weighted by Gasteiger charge is 2.09. The molecule has 0 aromatic carbocycles. The summed E-state index contributed by atoms with van der Waals surface area (Å²) < 4.78 is 0. The molecule has 1 rings (SSSR count). The number of allylic oxidation sites excluding steroid dienone is 5. The minimum atomic E-state index is 0.918. The van der Waals surface area contributed by atoms with Crippen LogP contribution in [0.15, 0.2) is 45.1 Å². The topological polar surface area (TPSA) is 0 Å². The van der Waals surface area contributed by atoms with E-state index in [1.54, 1.807) is 10.8 Å². The van der Waals surface area contributed by atoms with E-state index in [9.17, 15) is 0 Å². The first-order chi connectivity index (χ1) is 5.83. The van der Waals surface area contributed by atoms with E-state index in [1.165, 1.54) is 5.57 Å². The van der Waals surface area contributed by atoms with Crippen LogP contribution in [-0.4, -0.2) is 0 Å². The maximum absolute atomic E-state index is 4.14. The molecule has 0 radical (unpaired) electrons. The van der Waals surface area contributed by atoms with Crippen molar-refractivity contribution in [1.29, 1.82) is 0 Å². The molecular formula is C9H10S3. The summed E-state index contributed by atoms with van der Waals surface area (Å²) in [5, 5.41) is 5.37. The summed E-state index contributed by atoms with van der Waals surface area (Å²) in [6, 6.07) is 0. The molecule has 3 heteroatoms. The Morgan fingerprint density at radius 3 is 2.33 bits per heavy atom. The molecule has 0 unspecified atom stereocenters. The highest BCUT2D eigenvalue weighted by molar-refractivity contribution is 7.84. The Bertz CT molecular complexity index is 282. The Morgan fingerprint density at radius 1 is 1.08 bits per heavy atom. The molecule has 0 atom stereocenters. The van der Waals surface area contributed by atoms with Gasteiger partial charge < -0.3 is 0 Å². The first kappa shape index (κ1) is 10.1. The van der Waals surface area contributed by atoms with Crippen molar-refractivity contribution in [2.24, 2.45) is 0 Å². The van der Waals surface area contributed by atoms with E-state index in [4.69, 9.17) is 0 Å². The third-order valence-corrected chi connectivity index (χ3v) is 2.56. The molecule has 0 aromatic heterocycles. The molecule has 0 N–H and O–H groups in total. The molecule has 64 valence electrons. The van der Waals surface area contributed by atoms with Gasteiger partial charge in [-0.05, 0) is 39.4 Å². The predicted molar refractivity (Wildman–Crippen MR) is 65.0 cm³/mol. The van der Waals surface area contributed by atoms with Gasteiger partial charge in [-0.1, -0.05) is 12.2 Å². The van der Waals surface area contributed by atoms with Crippen molar-refractivity contribution in [3.63, 3.8) is 0 Å². The SMILES string of the molecule is S/C=C1/C=CCC(=C\S)/C1=C\S. The molecule has 0 amide bonds. The molecular weight excluding hydrogens is 204 g/mol. The first-order valence-electron chi connectivity index (χ1n) is 3.52. The van der Waals surface area contributed by atoms with Crippen LogP contribution in [0, 0.1) is 0 Å². The van der Waals surface area contributed by atoms with E-state index in [0.29, 0.717) is 0 Å². The van der Waals surface area contributed by atoms with Crippen LogP contribution in [-0.2, 0) is 0 Å². The predicted octanol–water partition coefficient (Wildman–Crippen LogP) is 3.39. The summed E-state index contributed by atoms with van der Waals surface area (Å²) in [7, 11) is 0. The highest BCUT2D eigenvalue weighted by Crippen LogP contribution is 2.29. The molecule has 0 fully saturated rings. The standard InChI is InChI=1S/C9H10S3/c10-4-7-2-1-3-8(5-11)9(7)6-12/h1-2,4-6,10-12H,3H2/b7-4-,8-5+,9-6-. The van der Waals surface area contributed by atoms with Crippen LogP contribution in [0.5, 0.6) is 0 Å². The van der Waals surface area contributed by atoms with Crippen molar-refractivity contribution in [2.45, 2.75) is 6.42 Å². The van der Waals surface area contributed by atoms with Gasteiger partial charge in [0.05, 0.1) is 0 Å². The number of thiol groups is 3. The lowest BCUT2D eigenvalue weighted by Crippen LogP contribution is -1.95. The minimum Gasteiger partial charge on any atom is -0.151 e. The fourth-order valence-corrected chi connectivity index (χ4v) is 1.87. The van der Waals surface area contributed by atoms with E-state index in [2.05, 4.69) is 44.0 Å². The molecule has 0 saturated heterocycles. The molecule has 0 aliphatic heterocycles. The molecule has 0 nitrogen and oxygen atoms in total. The van der Waals surface area contributed by atoms with Crippen molar-refractivity contribution < 1.29 is 0 Å². The summed E-state index contributed by atoms with van der Waals surface area (Å²) in [6.45, 7) is 0. The van der Waals surface area contributed by atoms with Crippen molar-refractivity contribution >= 4 is 37.9 Å². The molecule has 1 aliphatic rings. The van der Waals surface area contributed by atoms with Gasteiger partial charge in [0, 0.05) is 0 Å². The third kappa shape index (κ3) is 2.03. The Balaban J connectivity index is 3.11. The molecule has 0 saturated carbocycles. The van der Waals surface area contributed by atoms with Crippen LogP contribution in [0.2, 0.25) is 0 Å². The monoisotopic (exact) mass is 214 g/mol. The first-order valence-corrected chi connectivity index (χ1v) is 5.07. The molecule has 1 aliphatic carbocycles. The third-order valence-electron chi connectivity index (χ3n) is 1.72. The van der Waals surface area contributed by atoms with Crippen LogP contribution >= 0.6 is 37.9 Å². The summed E-state index contributed by atoms with van der Waals surface area (Å²) in [6.07, 6.45) is 5.04. The van der Waals surface area contributed by atoms with Gasteiger partial charge in [-0.3, -0.25) is 0 Å². The number of hydrogen-bond acceptors (Lipinski definition) is 3. The normalized spacial score (nSPS) is 27.4. The number of hydrogen-bond donors (Lipinski definition) is 3. The van der Waals surface area contributed by atoms with Crippen LogP contribution in [0.1, 0.15) is 6.42 Å². The van der Waals surface area contributed by atoms with E-state index < -0.39 is 0 Å². The second-order valence-electron chi connectivity index (χ2n) is 2.39. The summed E-state index contributed by atoms with van der Waals surface area (Å²) in [5.41, 5.74) is 3.36. The van der Waals surface area contributed by atoms with Gasteiger partial charge in [0.1, 0.15) is 0 Å². The lowest BCUT2D eigenvalue weighted by molar-refractivity contribution is 1.20. The summed E-state index contributed by atoms with van der Waals surface area (Å²) in [5.74, 6) is 0. The smallest absolute Gasteiger partial charge is 0.00782 e. The zero-order valence-corrected chi connectivity index (χ0v) is 9.12. The molecule has 12 heavy (non-hydrogen) atoms. The van der Waals surface area contributed by atoms with Crippen molar-refractivity contribution in [3.05, 3.63) is 45.1 Å². The fourth-order valence-electron chi connectivity index (χ4n) is 1.09. The number of rotatable bonds is 0. The van der Waals surface area contributed by atoms with Crippen LogP contribution in [0.25, 0.3) is 0 Å². The van der Waals surface area contributed by atoms with Crippen LogP contribution < -0.4 is 0 Å². The Morgan fingerprint density at radius 2 is 1.83 bits per heavy atom. The quantitative estimate of drug-likeness (QED) is 0.506. The van der Waals surface area contributed by atoms with Crippen LogP contribution in [0.3, 0.4) is 0 Å². The minimum absolute atomic E-state index is 0.918. The Kier molecular flexibility index (Phi) is 4.12. The summed E-state index contributed by atoms with van der Waals surface area (Å²) >= 11 is 12.4. The van der Waals surface area contributed by atoms with E-state index >= 15 is 0 Å². The second-order valence-corrected chi connectivity index (χ2v) is 3.16. The molecule has 0 heterocycles. The van der Waals surface area contributed by atoms with Crippen molar-refractivity contribution in [3.8, 4) is 0 Å². The Hall–Kier alpha value is 0.01000. The summed E-state index contributed by atoms with van der Waals surface area (Å²) in [4.78, 5) is 0. The van der Waals surface area contributed by atoms with Crippen molar-refractivity contribution in [2.75, 3.05) is 0 Å². The van der Waals surface area contributed by atoms with Gasteiger partial charge in [-0.25, -0.2) is 0 Å². The average molecular weight is 214 g/mol. The second kappa shape index (κ2) is 4.90. The highest BCUT2D eigenvalue weighted by atomic mass is 32.1. The lowest BCUT2D eigenvalue weighted by Gasteiger charge is -2.14. The zero-order valence-electron chi connectivity index (χ0n) is 6.44. The van der Waals surface area contributed by atoms with E-state index in [0.717, 1.165) is 17.6 Å². The van der Waals surface area contributed by atoms with Gasteiger partial charge in [-0.2, -0.15) is 37.9 Å². The van der Waals surface area contributed by atoms with Crippen molar-refractivity contribution in [1.82, 2.24) is 0 Å². The zero-order chi connectivity index (χ0) is 8.97. The van der Waals surface area contributed by atoms with Gasteiger partial charge in [0.25, 0.3) is 0 Å². The van der Waals surface area contributed by atoms with E-state index in [-0.39, 0.29) is 0 Å².